The van der Waals surface area contributed by atoms with Crippen LogP contribution in [0.5, 0.6) is 0 Å². The maximum absolute atomic E-state index is 12.7. The van der Waals surface area contributed by atoms with Gasteiger partial charge in [-0.2, -0.15) is 16.9 Å². The molecule has 0 aromatic rings. The molecule has 5 atom stereocenters. The lowest BCUT2D eigenvalue weighted by molar-refractivity contribution is -0.156. The van der Waals surface area contributed by atoms with Gasteiger partial charge in [0.1, 0.15) is 0 Å². The lowest BCUT2D eigenvalue weighted by Gasteiger charge is -2.41. The Balaban J connectivity index is 2.08. The van der Waals surface area contributed by atoms with Gasteiger partial charge in [0.05, 0.1) is 23.5 Å². The van der Waals surface area contributed by atoms with Crippen LogP contribution in [0, 0.1) is 5.41 Å². The Labute approximate surface area is 200 Å². The number of amides is 2. The van der Waals surface area contributed by atoms with Crippen LogP contribution >= 0.6 is 11.8 Å². The zero-order valence-corrected chi connectivity index (χ0v) is 20.4. The first-order valence-corrected chi connectivity index (χ1v) is 13.2. The van der Waals surface area contributed by atoms with Crippen LogP contribution < -0.4 is 22.3 Å². The van der Waals surface area contributed by atoms with Gasteiger partial charge in [-0.25, -0.2) is 4.79 Å². The number of hydrogen-bond donors (Lipinski definition) is 6. The summed E-state index contributed by atoms with van der Waals surface area (Å²) < 4.78 is 0. The second-order valence-corrected chi connectivity index (χ2v) is 10.7. The van der Waals surface area contributed by atoms with Crippen molar-refractivity contribution in [1.29, 1.82) is 0 Å². The van der Waals surface area contributed by atoms with E-state index in [-0.39, 0.29) is 29.8 Å². The quantitative estimate of drug-likeness (QED) is 0.0780. The number of carbonyl (C=O) groups excluding carboxylic acids is 1. The summed E-state index contributed by atoms with van der Waals surface area (Å²) in [5.74, 6) is 11.1. The van der Waals surface area contributed by atoms with Crippen LogP contribution in [0.25, 0.3) is 0 Å². The predicted molar refractivity (Wildman–Crippen MR) is 128 cm³/mol. The minimum atomic E-state index is -1.10. The second kappa shape index (κ2) is 13.4. The van der Waals surface area contributed by atoms with Crippen molar-refractivity contribution >= 4 is 29.7 Å². The maximum atomic E-state index is 12.7. The molecular formula is C22H41N5O5S. The Morgan fingerprint density at radius 2 is 1.85 bits per heavy atom. The van der Waals surface area contributed by atoms with Crippen molar-refractivity contribution in [2.24, 2.45) is 17.1 Å². The molecule has 2 saturated heterocycles. The highest BCUT2D eigenvalue weighted by atomic mass is 32.2. The summed E-state index contributed by atoms with van der Waals surface area (Å²) in [6, 6.07) is -0.494. The highest BCUT2D eigenvalue weighted by Crippen LogP contribution is 2.41. The van der Waals surface area contributed by atoms with Crippen molar-refractivity contribution in [3.8, 4) is 0 Å². The topological polar surface area (TPSA) is 171 Å². The first-order chi connectivity index (χ1) is 15.7. The van der Waals surface area contributed by atoms with E-state index in [9.17, 15) is 19.5 Å². The van der Waals surface area contributed by atoms with Gasteiger partial charge in [-0.15, -0.1) is 0 Å². The molecule has 0 aromatic carbocycles. The van der Waals surface area contributed by atoms with Crippen molar-refractivity contribution in [3.05, 3.63) is 0 Å². The summed E-state index contributed by atoms with van der Waals surface area (Å²) in [6.07, 6.45) is 7.73. The molecule has 2 heterocycles. The molecule has 2 amide bonds. The number of urea groups is 1. The van der Waals surface area contributed by atoms with Crippen molar-refractivity contribution in [1.82, 2.24) is 15.8 Å². The number of nitrogens with two attached hydrogens (primary N) is 2. The number of fused-ring (bicyclic) bond motifs is 1. The van der Waals surface area contributed by atoms with E-state index in [4.69, 9.17) is 16.8 Å². The third-order valence-electron chi connectivity index (χ3n) is 7.07. The van der Waals surface area contributed by atoms with Crippen LogP contribution in [0.1, 0.15) is 84.0 Å². The minimum absolute atomic E-state index is 0.0413. The van der Waals surface area contributed by atoms with Gasteiger partial charge in [-0.1, -0.05) is 45.4 Å². The maximum Gasteiger partial charge on any atom is 0.315 e. The number of rotatable bonds is 17. The van der Waals surface area contributed by atoms with Crippen molar-refractivity contribution in [3.63, 3.8) is 0 Å². The summed E-state index contributed by atoms with van der Waals surface area (Å²) in [5.41, 5.74) is -1.10. The molecule has 0 spiro atoms. The number of aliphatic carboxylic acids is 2. The fourth-order valence-electron chi connectivity index (χ4n) is 5.27. The van der Waals surface area contributed by atoms with Gasteiger partial charge in [0.15, 0.2) is 0 Å². The summed E-state index contributed by atoms with van der Waals surface area (Å²) >= 11 is 1.81. The number of hydrazine groups is 2. The normalized spacial score (nSPS) is 24.7. The zero-order valence-electron chi connectivity index (χ0n) is 19.6. The van der Waals surface area contributed by atoms with Crippen LogP contribution in [0.2, 0.25) is 0 Å². The summed E-state index contributed by atoms with van der Waals surface area (Å²) in [4.78, 5) is 35.2. The van der Waals surface area contributed by atoms with E-state index >= 15 is 0 Å². The van der Waals surface area contributed by atoms with Gasteiger partial charge in [-0.05, 0) is 32.1 Å². The Morgan fingerprint density at radius 3 is 2.48 bits per heavy atom. The molecule has 0 aromatic heterocycles. The van der Waals surface area contributed by atoms with Crippen molar-refractivity contribution in [2.75, 3.05) is 5.75 Å². The molecule has 11 heteroatoms. The van der Waals surface area contributed by atoms with E-state index in [0.717, 1.165) is 43.0 Å². The van der Waals surface area contributed by atoms with Gasteiger partial charge < -0.3 is 20.8 Å². The van der Waals surface area contributed by atoms with Crippen LogP contribution in [-0.2, 0) is 9.59 Å². The molecule has 190 valence electrons. The Morgan fingerprint density at radius 1 is 1.12 bits per heavy atom. The molecule has 2 fully saturated rings. The van der Waals surface area contributed by atoms with Gasteiger partial charge in [0, 0.05) is 17.4 Å². The molecule has 2 aliphatic rings. The van der Waals surface area contributed by atoms with Gasteiger partial charge in [-0.3, -0.25) is 21.3 Å². The van der Waals surface area contributed by atoms with E-state index in [2.05, 4.69) is 17.6 Å². The molecule has 10 nitrogen and oxygen atoms in total. The molecule has 2 rings (SSSR count). The Bertz CT molecular complexity index is 667. The van der Waals surface area contributed by atoms with E-state index in [0.29, 0.717) is 38.5 Å². The van der Waals surface area contributed by atoms with Gasteiger partial charge >= 0.3 is 18.0 Å². The van der Waals surface area contributed by atoms with Crippen LogP contribution in [0.4, 0.5) is 4.79 Å². The van der Waals surface area contributed by atoms with E-state index < -0.39 is 23.4 Å². The van der Waals surface area contributed by atoms with Gasteiger partial charge in [0.2, 0.25) is 0 Å². The van der Waals surface area contributed by atoms with E-state index in [1.54, 1.807) is 0 Å². The third-order valence-corrected chi connectivity index (χ3v) is 8.58. The number of thioether (sulfide) groups is 1. The predicted octanol–water partition coefficient (Wildman–Crippen LogP) is 2.43. The number of hydrogen-bond acceptors (Lipinski definition) is 7. The Kier molecular flexibility index (Phi) is 11.2. The molecule has 8 N–H and O–H groups in total. The fourth-order valence-corrected chi connectivity index (χ4v) is 6.81. The molecule has 0 saturated carbocycles. The highest BCUT2D eigenvalue weighted by Gasteiger charge is 2.47. The van der Waals surface area contributed by atoms with Crippen LogP contribution in [0.3, 0.4) is 0 Å². The summed E-state index contributed by atoms with van der Waals surface area (Å²) in [5, 5.41) is 26.5. The molecular weight excluding hydrogens is 446 g/mol. The summed E-state index contributed by atoms with van der Waals surface area (Å²) in [7, 11) is 0. The smallest absolute Gasteiger partial charge is 0.315 e. The minimum Gasteiger partial charge on any atom is -0.481 e. The molecule has 2 unspecified atom stereocenters. The average Bonchev–Trinajstić information content (AvgIpc) is 3.29. The van der Waals surface area contributed by atoms with E-state index in [1.165, 1.54) is 0 Å². The highest BCUT2D eigenvalue weighted by molar-refractivity contribution is 8.00. The molecule has 0 aliphatic carbocycles. The number of carboxylic acids is 2. The lowest BCUT2D eigenvalue weighted by atomic mass is 9.70. The summed E-state index contributed by atoms with van der Waals surface area (Å²) in [6.45, 7) is 2.11. The Hall–Kier alpha value is -1.56. The number of nitrogens with one attached hydrogen (secondary N) is 2. The molecule has 33 heavy (non-hydrogen) atoms. The van der Waals surface area contributed by atoms with E-state index in [1.807, 2.05) is 11.8 Å². The number of carboxylic acid groups (broad SMARTS) is 2. The third kappa shape index (κ3) is 7.73. The van der Waals surface area contributed by atoms with Crippen LogP contribution in [-0.4, -0.2) is 62.4 Å². The molecule has 2 aliphatic heterocycles. The largest absolute Gasteiger partial charge is 0.481 e. The number of unbranched alkanes of at least 4 members (excludes halogenated alkanes) is 4. The first kappa shape index (κ1) is 27.7. The number of carbonyl (C=O) groups is 3. The first-order valence-electron chi connectivity index (χ1n) is 12.1. The molecule has 0 bridgehead atoms. The standard InChI is InChI=1S/C22H41N5O5S/c1-2-3-4-7-12-22(20(30)31,17(27(23)24)10-5-6-11-18(28)29)13-8-9-16-19-15(14-33-16)25-21(32)26-19/h15-17,19H,2-14,23-24H2,1H3,(H,28,29)(H,30,31)(H2,25,26,32)/t15-,16-,17?,19-,22?/m0/s1. The SMILES string of the molecule is CCCCCCC(CCC[C@@H]1SC[C@@H]2NC(=O)N[C@@H]21)(C(=O)O)C(CCCCC(=O)O)N(N)N. The zero-order chi connectivity index (χ0) is 24.4. The monoisotopic (exact) mass is 487 g/mol. The second-order valence-electron chi connectivity index (χ2n) is 9.39. The molecule has 0 radical (unpaired) electrons. The van der Waals surface area contributed by atoms with Crippen molar-refractivity contribution in [2.45, 2.75) is 107 Å². The van der Waals surface area contributed by atoms with Gasteiger partial charge in [0.25, 0.3) is 0 Å². The average molecular weight is 488 g/mol. The number of nitrogens with zero attached hydrogens (tertiary/aromatic N) is 1. The lowest BCUT2D eigenvalue weighted by Crippen LogP contribution is -2.58. The fraction of sp³-hybridized carbons (Fsp3) is 0.864. The van der Waals surface area contributed by atoms with Crippen LogP contribution in [0.15, 0.2) is 0 Å². The van der Waals surface area contributed by atoms with Crippen molar-refractivity contribution < 1.29 is 24.6 Å².